The molecule has 172 valence electrons. The van der Waals surface area contributed by atoms with E-state index in [9.17, 15) is 14.6 Å². The first-order chi connectivity index (χ1) is 15.5. The molecule has 4 unspecified atom stereocenters. The number of aliphatic hydroxyl groups is 2. The minimum Gasteiger partial charge on any atom is -0.373 e. The molecule has 2 aliphatic rings. The minimum absolute atomic E-state index is 0.304. The molecule has 32 heavy (non-hydrogen) atoms. The molecule has 4 atom stereocenters. The van der Waals surface area contributed by atoms with Crippen LogP contribution in [0, 0.1) is 11.8 Å². The van der Waals surface area contributed by atoms with E-state index in [0.29, 0.717) is 30.1 Å². The largest absolute Gasteiger partial charge is 0.373 e. The van der Waals surface area contributed by atoms with Crippen LogP contribution in [0.3, 0.4) is 0 Å². The van der Waals surface area contributed by atoms with Crippen LogP contribution < -0.4 is 20.9 Å². The van der Waals surface area contributed by atoms with Crippen LogP contribution in [0.25, 0.3) is 6.08 Å². The maximum absolute atomic E-state index is 14.5. The summed E-state index contributed by atoms with van der Waals surface area (Å²) in [5.41, 5.74) is 3.10. The predicted molar refractivity (Wildman–Crippen MR) is 127 cm³/mol. The number of fused-ring (bicyclic) bond motifs is 1. The number of hydrogen-bond acceptors (Lipinski definition) is 7. The van der Waals surface area contributed by atoms with Gasteiger partial charge in [-0.05, 0) is 31.1 Å². The fourth-order valence-corrected chi connectivity index (χ4v) is 3.72. The lowest BCUT2D eigenvalue weighted by Crippen LogP contribution is -2.50. The van der Waals surface area contributed by atoms with Crippen LogP contribution in [0.15, 0.2) is 41.6 Å². The molecule has 1 aliphatic heterocycles. The van der Waals surface area contributed by atoms with Gasteiger partial charge in [-0.15, -0.1) is 5.92 Å². The maximum Gasteiger partial charge on any atom is 0.161 e. The smallest absolute Gasteiger partial charge is 0.161 e. The topological polar surface area (TPSA) is 92.7 Å². The summed E-state index contributed by atoms with van der Waals surface area (Å²) >= 11 is 0. The van der Waals surface area contributed by atoms with Gasteiger partial charge >= 0.3 is 0 Å². The molecule has 0 saturated carbocycles. The van der Waals surface area contributed by atoms with E-state index in [1.807, 2.05) is 30.9 Å². The van der Waals surface area contributed by atoms with Crippen LogP contribution in [-0.2, 0) is 0 Å². The highest BCUT2D eigenvalue weighted by Gasteiger charge is 2.30. The number of hydrogen-bond donors (Lipinski definition) is 5. The van der Waals surface area contributed by atoms with Crippen LogP contribution >= 0.6 is 0 Å². The molecule has 1 aromatic rings. The van der Waals surface area contributed by atoms with Gasteiger partial charge in [-0.1, -0.05) is 25.0 Å². The van der Waals surface area contributed by atoms with Gasteiger partial charge in [0.1, 0.15) is 12.0 Å². The van der Waals surface area contributed by atoms with E-state index in [4.69, 9.17) is 0 Å². The number of anilines is 2. The lowest BCUT2D eigenvalue weighted by atomic mass is 9.90. The van der Waals surface area contributed by atoms with Gasteiger partial charge in [-0.25, -0.2) is 9.37 Å². The van der Waals surface area contributed by atoms with Gasteiger partial charge in [0.05, 0.1) is 18.3 Å². The SMILES string of the molecule is CCCC#CCNC(O)NC1C=C(C2=Cc3cnc(NC)cc3N(CC)C2O)C=CC1F. The van der Waals surface area contributed by atoms with Crippen molar-refractivity contribution in [3.05, 3.63) is 47.2 Å². The number of aromatic nitrogens is 1. The van der Waals surface area contributed by atoms with Crippen molar-refractivity contribution in [3.8, 4) is 11.8 Å². The molecule has 1 aliphatic carbocycles. The summed E-state index contributed by atoms with van der Waals surface area (Å²) < 4.78 is 14.5. The first kappa shape index (κ1) is 24.0. The number of alkyl halides is 1. The number of pyridine rings is 1. The average Bonchev–Trinajstić information content (AvgIpc) is 2.79. The summed E-state index contributed by atoms with van der Waals surface area (Å²) in [7, 11) is 1.80. The van der Waals surface area contributed by atoms with Crippen LogP contribution in [0.5, 0.6) is 0 Å². The molecule has 3 rings (SSSR count). The quantitative estimate of drug-likeness (QED) is 0.312. The van der Waals surface area contributed by atoms with Crippen LogP contribution in [-0.4, -0.2) is 60.1 Å². The molecule has 0 radical (unpaired) electrons. The van der Waals surface area contributed by atoms with E-state index in [0.717, 1.165) is 24.1 Å². The number of unbranched alkanes of at least 4 members (excludes halogenated alkanes) is 1. The average molecular weight is 442 g/mol. The Balaban J connectivity index is 1.79. The summed E-state index contributed by atoms with van der Waals surface area (Å²) in [4.78, 5) is 6.24. The van der Waals surface area contributed by atoms with Gasteiger partial charge in [0.2, 0.25) is 0 Å². The fourth-order valence-electron chi connectivity index (χ4n) is 3.72. The molecule has 0 bridgehead atoms. The zero-order valence-corrected chi connectivity index (χ0v) is 18.8. The zero-order chi connectivity index (χ0) is 23.1. The van der Waals surface area contributed by atoms with E-state index >= 15 is 0 Å². The lowest BCUT2D eigenvalue weighted by molar-refractivity contribution is 0.0883. The summed E-state index contributed by atoms with van der Waals surface area (Å²) in [5.74, 6) is 6.62. The van der Waals surface area contributed by atoms with Crippen LogP contribution in [0.4, 0.5) is 15.9 Å². The molecule has 0 saturated heterocycles. The Morgan fingerprint density at radius 1 is 1.31 bits per heavy atom. The van der Waals surface area contributed by atoms with E-state index < -0.39 is 24.8 Å². The van der Waals surface area contributed by atoms with E-state index in [1.54, 1.807) is 25.4 Å². The number of nitrogens with zero attached hydrogens (tertiary/aromatic N) is 2. The Kier molecular flexibility index (Phi) is 8.42. The third kappa shape index (κ3) is 5.56. The highest BCUT2D eigenvalue weighted by molar-refractivity contribution is 5.78. The summed E-state index contributed by atoms with van der Waals surface area (Å²) in [6.07, 6.45) is 6.91. The van der Waals surface area contributed by atoms with Crippen molar-refractivity contribution in [2.45, 2.75) is 51.5 Å². The molecular weight excluding hydrogens is 409 g/mol. The standard InChI is InChI=1S/C24H32FN5O2/c1-4-6-7-8-11-27-24(32)29-20-13-16(9-10-19(20)25)18-12-17-15-28-22(26-3)14-21(17)30(5-2)23(18)31/h9-10,12-15,19-20,23-24,27,29,31-32H,4-6,11H2,1-3H3,(H,26,28). The Labute approximate surface area is 189 Å². The molecule has 7 nitrogen and oxygen atoms in total. The molecule has 1 aromatic heterocycles. The number of halogens is 1. The molecular formula is C24H32FN5O2. The normalized spacial score (nSPS) is 22.9. The Morgan fingerprint density at radius 2 is 2.12 bits per heavy atom. The summed E-state index contributed by atoms with van der Waals surface area (Å²) in [5, 5.41) is 29.9. The molecule has 5 N–H and O–H groups in total. The molecule has 0 fully saturated rings. The first-order valence-corrected chi connectivity index (χ1v) is 11.0. The van der Waals surface area contributed by atoms with Crippen molar-refractivity contribution >= 4 is 17.6 Å². The van der Waals surface area contributed by atoms with E-state index in [2.05, 4.69) is 32.8 Å². The van der Waals surface area contributed by atoms with Crippen molar-refractivity contribution < 1.29 is 14.6 Å². The van der Waals surface area contributed by atoms with Crippen molar-refractivity contribution in [1.29, 1.82) is 0 Å². The third-order valence-corrected chi connectivity index (χ3v) is 5.43. The number of rotatable bonds is 8. The second-order valence-corrected chi connectivity index (χ2v) is 7.64. The van der Waals surface area contributed by atoms with Gasteiger partial charge in [0.25, 0.3) is 0 Å². The number of allylic oxidation sites excluding steroid dienone is 1. The monoisotopic (exact) mass is 441 g/mol. The van der Waals surface area contributed by atoms with Crippen molar-refractivity contribution in [2.75, 3.05) is 30.4 Å². The van der Waals surface area contributed by atoms with Crippen molar-refractivity contribution in [3.63, 3.8) is 0 Å². The number of likely N-dealkylation sites (N-methyl/N-ethyl adjacent to an activating group) is 1. The highest BCUT2D eigenvalue weighted by Crippen LogP contribution is 2.36. The van der Waals surface area contributed by atoms with Crippen molar-refractivity contribution in [2.24, 2.45) is 0 Å². The zero-order valence-electron chi connectivity index (χ0n) is 18.8. The van der Waals surface area contributed by atoms with Gasteiger partial charge in [-0.2, -0.15) is 0 Å². The second kappa shape index (κ2) is 11.2. The Morgan fingerprint density at radius 3 is 2.84 bits per heavy atom. The van der Waals surface area contributed by atoms with Crippen LogP contribution in [0.2, 0.25) is 0 Å². The minimum atomic E-state index is -1.31. The molecule has 0 aromatic carbocycles. The van der Waals surface area contributed by atoms with E-state index in [1.165, 1.54) is 6.08 Å². The van der Waals surface area contributed by atoms with E-state index in [-0.39, 0.29) is 0 Å². The number of nitrogens with one attached hydrogen (secondary N) is 3. The highest BCUT2D eigenvalue weighted by atomic mass is 19.1. The number of aliphatic hydroxyl groups excluding tert-OH is 2. The van der Waals surface area contributed by atoms with Gasteiger partial charge < -0.3 is 20.4 Å². The Hall–Kier alpha value is -2.70. The Bertz CT molecular complexity index is 949. The lowest BCUT2D eigenvalue weighted by Gasteiger charge is -2.36. The molecule has 2 heterocycles. The van der Waals surface area contributed by atoms with Crippen molar-refractivity contribution in [1.82, 2.24) is 15.6 Å². The summed E-state index contributed by atoms with van der Waals surface area (Å²) in [6.45, 7) is 4.91. The first-order valence-electron chi connectivity index (χ1n) is 11.0. The maximum atomic E-state index is 14.5. The fraction of sp³-hybridized carbons (Fsp3) is 0.458. The predicted octanol–water partition coefficient (Wildman–Crippen LogP) is 2.13. The van der Waals surface area contributed by atoms with Gasteiger partial charge in [0.15, 0.2) is 12.6 Å². The second-order valence-electron chi connectivity index (χ2n) is 7.64. The van der Waals surface area contributed by atoms with Gasteiger partial charge in [0, 0.05) is 43.4 Å². The molecule has 0 amide bonds. The third-order valence-electron chi connectivity index (χ3n) is 5.43. The molecule has 8 heteroatoms. The molecule has 0 spiro atoms. The van der Waals surface area contributed by atoms with Gasteiger partial charge in [-0.3, -0.25) is 10.6 Å². The van der Waals surface area contributed by atoms with Crippen LogP contribution in [0.1, 0.15) is 32.3 Å². The summed E-state index contributed by atoms with van der Waals surface area (Å²) in [6, 6.07) is 1.14.